The molecule has 0 saturated heterocycles. The van der Waals surface area contributed by atoms with Crippen LogP contribution in [-0.2, 0) is 13.2 Å². The van der Waals surface area contributed by atoms with Crippen molar-refractivity contribution >= 4 is 15.9 Å². The zero-order valence-corrected chi connectivity index (χ0v) is 12.5. The Morgan fingerprint density at radius 2 is 2.20 bits per heavy atom. The molecular formula is C15H15BrFNO2. The Morgan fingerprint density at radius 1 is 1.35 bits per heavy atom. The van der Waals surface area contributed by atoms with E-state index in [1.54, 1.807) is 12.3 Å². The van der Waals surface area contributed by atoms with Crippen molar-refractivity contribution in [2.24, 2.45) is 0 Å². The number of hydrogen-bond acceptors (Lipinski definition) is 3. The first kappa shape index (κ1) is 13.6. The number of rotatable bonds is 6. The van der Waals surface area contributed by atoms with Crippen LogP contribution in [0.3, 0.4) is 0 Å². The Kier molecular flexibility index (Phi) is 4.08. The average Bonchev–Trinajstić information content (AvgIpc) is 3.16. The van der Waals surface area contributed by atoms with Gasteiger partial charge >= 0.3 is 0 Å². The monoisotopic (exact) mass is 339 g/mol. The summed E-state index contributed by atoms with van der Waals surface area (Å²) in [5.41, 5.74) is 1.11. The van der Waals surface area contributed by atoms with Gasteiger partial charge in [-0.05, 0) is 47.0 Å². The van der Waals surface area contributed by atoms with E-state index in [9.17, 15) is 4.39 Å². The molecule has 1 N–H and O–H groups in total. The maximum absolute atomic E-state index is 13.1. The van der Waals surface area contributed by atoms with Gasteiger partial charge in [-0.2, -0.15) is 0 Å². The molecule has 3 nitrogen and oxygen atoms in total. The maximum Gasteiger partial charge on any atom is 0.146 e. The molecule has 5 heteroatoms. The van der Waals surface area contributed by atoms with E-state index in [0.29, 0.717) is 11.8 Å². The molecule has 1 aliphatic carbocycles. The number of ether oxygens (including phenoxy) is 1. The van der Waals surface area contributed by atoms with E-state index in [0.717, 1.165) is 22.3 Å². The molecule has 0 radical (unpaired) electrons. The minimum Gasteiger partial charge on any atom is -0.484 e. The second kappa shape index (κ2) is 5.97. The van der Waals surface area contributed by atoms with E-state index in [1.807, 2.05) is 6.07 Å². The molecule has 0 atom stereocenters. The van der Waals surface area contributed by atoms with Gasteiger partial charge in [0.2, 0.25) is 0 Å². The summed E-state index contributed by atoms with van der Waals surface area (Å²) in [4.78, 5) is 0. The van der Waals surface area contributed by atoms with Crippen molar-refractivity contribution in [3.63, 3.8) is 0 Å². The van der Waals surface area contributed by atoms with Gasteiger partial charge in [0, 0.05) is 24.2 Å². The van der Waals surface area contributed by atoms with Crippen LogP contribution in [0.4, 0.5) is 4.39 Å². The van der Waals surface area contributed by atoms with E-state index >= 15 is 0 Å². The molecular weight excluding hydrogens is 325 g/mol. The van der Waals surface area contributed by atoms with Crippen LogP contribution < -0.4 is 10.1 Å². The zero-order valence-electron chi connectivity index (χ0n) is 10.9. The molecule has 1 heterocycles. The molecule has 1 saturated carbocycles. The van der Waals surface area contributed by atoms with Gasteiger partial charge in [-0.3, -0.25) is 0 Å². The number of hydrogen-bond donors (Lipinski definition) is 1. The minimum atomic E-state index is -0.322. The number of benzene rings is 1. The first-order chi connectivity index (χ1) is 9.70. The highest BCUT2D eigenvalue weighted by molar-refractivity contribution is 9.10. The fraction of sp³-hybridized carbons (Fsp3) is 0.333. The number of nitrogens with one attached hydrogen (secondary N) is 1. The molecule has 1 aliphatic rings. The summed E-state index contributed by atoms with van der Waals surface area (Å²) in [6.07, 6.45) is 4.26. The third-order valence-electron chi connectivity index (χ3n) is 3.14. The summed E-state index contributed by atoms with van der Waals surface area (Å²) in [6.45, 7) is 1.10. The zero-order chi connectivity index (χ0) is 13.9. The third-order valence-corrected chi connectivity index (χ3v) is 3.80. The maximum atomic E-state index is 13.1. The van der Waals surface area contributed by atoms with E-state index in [1.165, 1.54) is 25.0 Å². The first-order valence-corrected chi connectivity index (χ1v) is 7.37. The van der Waals surface area contributed by atoms with Crippen LogP contribution in [0.2, 0.25) is 0 Å². The van der Waals surface area contributed by atoms with Crippen LogP contribution in [-0.4, -0.2) is 6.04 Å². The minimum absolute atomic E-state index is 0.283. The number of furan rings is 1. The van der Waals surface area contributed by atoms with Gasteiger partial charge in [0.05, 0.1) is 10.7 Å². The van der Waals surface area contributed by atoms with Crippen LogP contribution in [0.15, 0.2) is 39.4 Å². The van der Waals surface area contributed by atoms with Crippen molar-refractivity contribution in [3.8, 4) is 5.75 Å². The largest absolute Gasteiger partial charge is 0.484 e. The van der Waals surface area contributed by atoms with Crippen LogP contribution in [0, 0.1) is 5.82 Å². The van der Waals surface area contributed by atoms with Crippen LogP contribution in [0.25, 0.3) is 0 Å². The molecule has 0 bridgehead atoms. The molecule has 0 unspecified atom stereocenters. The highest BCUT2D eigenvalue weighted by Crippen LogP contribution is 2.26. The van der Waals surface area contributed by atoms with E-state index < -0.39 is 0 Å². The molecule has 0 aliphatic heterocycles. The molecule has 1 aromatic heterocycles. The van der Waals surface area contributed by atoms with Gasteiger partial charge < -0.3 is 14.5 Å². The van der Waals surface area contributed by atoms with Crippen molar-refractivity contribution in [2.75, 3.05) is 0 Å². The third kappa shape index (κ3) is 3.61. The van der Waals surface area contributed by atoms with Gasteiger partial charge in [-0.25, -0.2) is 4.39 Å². The molecule has 20 heavy (non-hydrogen) atoms. The van der Waals surface area contributed by atoms with Crippen LogP contribution in [0.1, 0.15) is 24.2 Å². The second-order valence-electron chi connectivity index (χ2n) is 4.94. The van der Waals surface area contributed by atoms with E-state index in [2.05, 4.69) is 21.2 Å². The Bertz CT molecular complexity index is 595. The highest BCUT2D eigenvalue weighted by Gasteiger charge is 2.20. The summed E-state index contributed by atoms with van der Waals surface area (Å²) >= 11 is 3.32. The summed E-state index contributed by atoms with van der Waals surface area (Å²) in [6, 6.07) is 6.99. The Balaban J connectivity index is 1.55. The fourth-order valence-corrected chi connectivity index (χ4v) is 2.24. The van der Waals surface area contributed by atoms with Crippen LogP contribution in [0.5, 0.6) is 5.75 Å². The molecule has 1 aromatic carbocycles. The summed E-state index contributed by atoms with van der Waals surface area (Å²) in [5.74, 6) is 0.879. The van der Waals surface area contributed by atoms with Crippen molar-refractivity contribution < 1.29 is 13.5 Å². The fourth-order valence-electron chi connectivity index (χ4n) is 1.88. The lowest BCUT2D eigenvalue weighted by atomic mass is 10.3. The van der Waals surface area contributed by atoms with Crippen LogP contribution >= 0.6 is 15.9 Å². The lowest BCUT2D eigenvalue weighted by molar-refractivity contribution is 0.267. The van der Waals surface area contributed by atoms with Gasteiger partial charge in [0.25, 0.3) is 0 Å². The Morgan fingerprint density at radius 3 is 3.00 bits per heavy atom. The first-order valence-electron chi connectivity index (χ1n) is 6.58. The van der Waals surface area contributed by atoms with E-state index in [4.69, 9.17) is 9.15 Å². The summed E-state index contributed by atoms with van der Waals surface area (Å²) < 4.78 is 24.8. The van der Waals surface area contributed by atoms with E-state index in [-0.39, 0.29) is 12.4 Å². The molecule has 0 amide bonds. The lowest BCUT2D eigenvalue weighted by Gasteiger charge is -2.06. The Hall–Kier alpha value is -1.33. The highest BCUT2D eigenvalue weighted by atomic mass is 79.9. The average molecular weight is 340 g/mol. The summed E-state index contributed by atoms with van der Waals surface area (Å²) in [5, 5.41) is 3.42. The van der Waals surface area contributed by atoms with Gasteiger partial charge in [0.1, 0.15) is 23.9 Å². The van der Waals surface area contributed by atoms with Crippen molar-refractivity contribution in [3.05, 3.63) is 52.1 Å². The molecule has 1 fully saturated rings. The standard InChI is InChI=1S/C15H15BrFNO2/c16-14-4-1-11(17)6-15(14)20-9-13-5-10(8-19-13)7-18-12-2-3-12/h1,4-6,8,12,18H,2-3,7,9H2. The molecule has 2 aromatic rings. The van der Waals surface area contributed by atoms with Crippen molar-refractivity contribution in [1.29, 1.82) is 0 Å². The molecule has 3 rings (SSSR count). The topological polar surface area (TPSA) is 34.4 Å². The normalized spacial score (nSPS) is 14.5. The number of halogens is 2. The van der Waals surface area contributed by atoms with Crippen molar-refractivity contribution in [2.45, 2.75) is 32.0 Å². The molecule has 0 spiro atoms. The lowest BCUT2D eigenvalue weighted by Crippen LogP contribution is -2.14. The van der Waals surface area contributed by atoms with Gasteiger partial charge in [0.15, 0.2) is 0 Å². The smallest absolute Gasteiger partial charge is 0.146 e. The predicted molar refractivity (Wildman–Crippen MR) is 77.0 cm³/mol. The van der Waals surface area contributed by atoms with Gasteiger partial charge in [-0.15, -0.1) is 0 Å². The second-order valence-corrected chi connectivity index (χ2v) is 5.79. The summed E-state index contributed by atoms with van der Waals surface area (Å²) in [7, 11) is 0. The SMILES string of the molecule is Fc1ccc(Br)c(OCc2cc(CNC3CC3)co2)c1. The quantitative estimate of drug-likeness (QED) is 0.863. The predicted octanol–water partition coefficient (Wildman–Crippen LogP) is 4.01. The Labute approximate surface area is 125 Å². The molecule has 106 valence electrons. The van der Waals surface area contributed by atoms with Gasteiger partial charge in [-0.1, -0.05) is 0 Å². The van der Waals surface area contributed by atoms with Crippen molar-refractivity contribution in [1.82, 2.24) is 5.32 Å².